The van der Waals surface area contributed by atoms with Gasteiger partial charge in [0.25, 0.3) is 0 Å². The van der Waals surface area contributed by atoms with Gasteiger partial charge in [0, 0.05) is 29.0 Å². The van der Waals surface area contributed by atoms with Crippen LogP contribution in [0.5, 0.6) is 5.75 Å². The molecule has 0 aliphatic rings. The van der Waals surface area contributed by atoms with Crippen LogP contribution in [0.1, 0.15) is 5.56 Å². The highest BCUT2D eigenvalue weighted by atomic mass is 79.9. The van der Waals surface area contributed by atoms with E-state index in [0.717, 1.165) is 0 Å². The lowest BCUT2D eigenvalue weighted by molar-refractivity contribution is -0.146. The normalized spacial score (nSPS) is 11.9. The summed E-state index contributed by atoms with van der Waals surface area (Å²) < 4.78 is 42.6. The third kappa shape index (κ3) is 6.01. The molecular weight excluding hydrogens is 346 g/mol. The smallest absolute Gasteiger partial charge is 0.401 e. The molecule has 0 saturated heterocycles. The number of alkyl halides is 4. The van der Waals surface area contributed by atoms with Crippen LogP contribution in [-0.4, -0.2) is 36.6 Å². The number of ether oxygens (including phenoxy) is 1. The molecule has 0 atom stereocenters. The van der Waals surface area contributed by atoms with Crippen LogP contribution < -0.4 is 4.74 Å². The van der Waals surface area contributed by atoms with Crippen LogP contribution in [0.3, 0.4) is 0 Å². The number of hydrogen-bond donors (Lipinski definition) is 0. The zero-order valence-electron chi connectivity index (χ0n) is 10.3. The van der Waals surface area contributed by atoms with Crippen molar-refractivity contribution in [1.82, 2.24) is 4.90 Å². The first-order valence-corrected chi connectivity index (χ1v) is 7.03. The van der Waals surface area contributed by atoms with Crippen LogP contribution in [0.25, 0.3) is 0 Å². The van der Waals surface area contributed by atoms with Gasteiger partial charge in [-0.2, -0.15) is 13.2 Å². The zero-order chi connectivity index (χ0) is 14.5. The van der Waals surface area contributed by atoms with Crippen molar-refractivity contribution >= 4 is 27.5 Å². The van der Waals surface area contributed by atoms with Crippen molar-refractivity contribution in [3.05, 3.63) is 28.8 Å². The summed E-state index contributed by atoms with van der Waals surface area (Å²) >= 11 is 9.02. The second-order valence-corrected chi connectivity index (χ2v) is 5.20. The minimum Gasteiger partial charge on any atom is -0.496 e. The van der Waals surface area contributed by atoms with E-state index >= 15 is 0 Å². The number of halogens is 5. The van der Waals surface area contributed by atoms with Gasteiger partial charge in [-0.05, 0) is 18.2 Å². The van der Waals surface area contributed by atoms with Gasteiger partial charge in [-0.25, -0.2) is 0 Å². The highest BCUT2D eigenvalue weighted by Gasteiger charge is 2.30. The molecule has 0 fully saturated rings. The second-order valence-electron chi connectivity index (χ2n) is 3.97. The Kier molecular flexibility index (Phi) is 6.42. The summed E-state index contributed by atoms with van der Waals surface area (Å²) in [5.41, 5.74) is 0.639. The molecule has 0 aromatic heterocycles. The Morgan fingerprint density at radius 2 is 2.05 bits per heavy atom. The van der Waals surface area contributed by atoms with Crippen molar-refractivity contribution < 1.29 is 17.9 Å². The van der Waals surface area contributed by atoms with Crippen LogP contribution in [0.4, 0.5) is 13.2 Å². The number of nitrogens with zero attached hydrogens (tertiary/aromatic N) is 1. The Bertz CT molecular complexity index is 414. The summed E-state index contributed by atoms with van der Waals surface area (Å²) in [4.78, 5) is 1.29. The van der Waals surface area contributed by atoms with Gasteiger partial charge >= 0.3 is 6.18 Å². The van der Waals surface area contributed by atoms with Crippen LogP contribution in [0.2, 0.25) is 5.02 Å². The van der Waals surface area contributed by atoms with Gasteiger partial charge in [0.15, 0.2) is 0 Å². The maximum Gasteiger partial charge on any atom is 0.401 e. The third-order valence-electron chi connectivity index (χ3n) is 2.44. The maximum atomic E-state index is 12.5. The average molecular weight is 361 g/mol. The van der Waals surface area contributed by atoms with Gasteiger partial charge in [-0.15, -0.1) is 0 Å². The summed E-state index contributed by atoms with van der Waals surface area (Å²) in [5.74, 6) is 0.533. The Morgan fingerprint density at radius 3 is 2.58 bits per heavy atom. The van der Waals surface area contributed by atoms with Crippen LogP contribution >= 0.6 is 27.5 Å². The van der Waals surface area contributed by atoms with E-state index in [2.05, 4.69) is 15.9 Å². The molecule has 108 valence electrons. The Labute approximate surface area is 123 Å². The molecule has 0 saturated carbocycles. The summed E-state index contributed by atoms with van der Waals surface area (Å²) in [6, 6.07) is 4.91. The van der Waals surface area contributed by atoms with Gasteiger partial charge in [0.1, 0.15) is 5.75 Å². The van der Waals surface area contributed by atoms with E-state index in [9.17, 15) is 13.2 Å². The van der Waals surface area contributed by atoms with E-state index in [1.807, 2.05) is 0 Å². The first-order valence-electron chi connectivity index (χ1n) is 5.53. The topological polar surface area (TPSA) is 12.5 Å². The van der Waals surface area contributed by atoms with E-state index in [1.165, 1.54) is 12.0 Å². The molecule has 0 unspecified atom stereocenters. The first-order chi connectivity index (χ1) is 8.85. The van der Waals surface area contributed by atoms with Gasteiger partial charge < -0.3 is 4.74 Å². The number of rotatable bonds is 6. The lowest BCUT2D eigenvalue weighted by atomic mass is 10.2. The lowest BCUT2D eigenvalue weighted by Gasteiger charge is -2.23. The predicted octanol–water partition coefficient (Wildman–Crippen LogP) is 4.11. The fourth-order valence-electron chi connectivity index (χ4n) is 1.70. The fraction of sp³-hybridized carbons (Fsp3) is 0.500. The molecule has 0 spiro atoms. The standard InChI is InChI=1S/C12H14BrClF3NO/c1-19-11-3-2-10(14)6-9(11)7-18(5-4-13)8-12(15,16)17/h2-3,6H,4-5,7-8H2,1H3. The monoisotopic (exact) mass is 359 g/mol. The molecular formula is C12H14BrClF3NO. The van der Waals surface area contributed by atoms with Gasteiger partial charge in [0.05, 0.1) is 13.7 Å². The number of benzene rings is 1. The summed E-state index contributed by atoms with van der Waals surface area (Å²) in [7, 11) is 1.48. The van der Waals surface area contributed by atoms with Gasteiger partial charge in [0.2, 0.25) is 0 Å². The van der Waals surface area contributed by atoms with Crippen molar-refractivity contribution in [3.8, 4) is 5.75 Å². The molecule has 0 radical (unpaired) electrons. The first kappa shape index (κ1) is 16.6. The molecule has 0 aliphatic carbocycles. The largest absolute Gasteiger partial charge is 0.496 e. The molecule has 1 rings (SSSR count). The molecule has 0 aliphatic heterocycles. The third-order valence-corrected chi connectivity index (χ3v) is 3.03. The minimum atomic E-state index is -4.23. The fourth-order valence-corrected chi connectivity index (χ4v) is 2.39. The van der Waals surface area contributed by atoms with E-state index in [-0.39, 0.29) is 13.1 Å². The average Bonchev–Trinajstić information content (AvgIpc) is 2.27. The SMILES string of the molecule is COc1ccc(Cl)cc1CN(CCBr)CC(F)(F)F. The summed E-state index contributed by atoms with van der Waals surface area (Å²) in [6.45, 7) is -0.543. The van der Waals surface area contributed by atoms with Crippen molar-refractivity contribution in [2.45, 2.75) is 12.7 Å². The van der Waals surface area contributed by atoms with E-state index in [1.54, 1.807) is 18.2 Å². The van der Waals surface area contributed by atoms with Gasteiger partial charge in [-0.3, -0.25) is 4.90 Å². The van der Waals surface area contributed by atoms with Crippen molar-refractivity contribution in [2.75, 3.05) is 25.5 Å². The van der Waals surface area contributed by atoms with Crippen molar-refractivity contribution in [2.24, 2.45) is 0 Å². The van der Waals surface area contributed by atoms with Crippen LogP contribution in [-0.2, 0) is 6.54 Å². The molecule has 0 N–H and O–H groups in total. The molecule has 2 nitrogen and oxygen atoms in total. The van der Waals surface area contributed by atoms with E-state index in [4.69, 9.17) is 16.3 Å². The second kappa shape index (κ2) is 7.36. The molecule has 0 bridgehead atoms. The molecule has 1 aromatic rings. The maximum absolute atomic E-state index is 12.5. The zero-order valence-corrected chi connectivity index (χ0v) is 12.6. The molecule has 0 amide bonds. The summed E-state index contributed by atoms with van der Waals surface area (Å²) in [5, 5.41) is 0.938. The Hall–Kier alpha value is -0.460. The number of hydrogen-bond acceptors (Lipinski definition) is 2. The quantitative estimate of drug-likeness (QED) is 0.708. The van der Waals surface area contributed by atoms with Crippen LogP contribution in [0.15, 0.2) is 18.2 Å². The highest BCUT2D eigenvalue weighted by Crippen LogP contribution is 2.25. The highest BCUT2D eigenvalue weighted by molar-refractivity contribution is 9.09. The Balaban J connectivity index is 2.86. The molecule has 19 heavy (non-hydrogen) atoms. The Morgan fingerprint density at radius 1 is 1.37 bits per heavy atom. The predicted molar refractivity (Wildman–Crippen MR) is 73.1 cm³/mol. The molecule has 0 heterocycles. The molecule has 7 heteroatoms. The summed E-state index contributed by atoms with van der Waals surface area (Å²) in [6.07, 6.45) is -4.23. The van der Waals surface area contributed by atoms with Crippen molar-refractivity contribution in [1.29, 1.82) is 0 Å². The van der Waals surface area contributed by atoms with Crippen LogP contribution in [0, 0.1) is 0 Å². The number of methoxy groups -OCH3 is 1. The minimum absolute atomic E-state index is 0.134. The lowest BCUT2D eigenvalue weighted by Crippen LogP contribution is -2.35. The van der Waals surface area contributed by atoms with E-state index in [0.29, 0.717) is 21.7 Å². The van der Waals surface area contributed by atoms with E-state index < -0.39 is 12.7 Å². The van der Waals surface area contributed by atoms with Crippen molar-refractivity contribution in [3.63, 3.8) is 0 Å². The van der Waals surface area contributed by atoms with Gasteiger partial charge in [-0.1, -0.05) is 27.5 Å². The molecule has 1 aromatic carbocycles.